The number of aliphatic hydroxyl groups excluding tert-OH is 1. The second-order valence-corrected chi connectivity index (χ2v) is 5.01. The Hall–Kier alpha value is -1.40. The predicted octanol–water partition coefficient (Wildman–Crippen LogP) is 1.16. The largest absolute Gasteiger partial charge is 0.396 e. The fraction of sp³-hybridized carbons (Fsp3) is 0.692. The number of aryl methyl sites for hydroxylation is 1. The third kappa shape index (κ3) is 4.04. The van der Waals surface area contributed by atoms with Crippen LogP contribution in [-0.2, 0) is 4.79 Å². The Morgan fingerprint density at radius 2 is 2.53 bits per heavy atom. The van der Waals surface area contributed by atoms with Gasteiger partial charge in [-0.2, -0.15) is 0 Å². The number of hydrogen-bond acceptors (Lipinski definition) is 5. The highest BCUT2D eigenvalue weighted by Gasteiger charge is 2.25. The second-order valence-electron chi connectivity index (χ2n) is 5.01. The SMILES string of the molecule is Cc1cc(NC(=O)CN2CCCC2CCCO)on1. The molecule has 0 aromatic carbocycles. The molecule has 1 saturated heterocycles. The molecular weight excluding hydrogens is 246 g/mol. The molecule has 2 rings (SSSR count). The van der Waals surface area contributed by atoms with E-state index in [4.69, 9.17) is 9.63 Å². The monoisotopic (exact) mass is 267 g/mol. The van der Waals surface area contributed by atoms with E-state index in [1.54, 1.807) is 6.07 Å². The molecule has 2 N–H and O–H groups in total. The molecule has 1 atom stereocenters. The number of aliphatic hydroxyl groups is 1. The summed E-state index contributed by atoms with van der Waals surface area (Å²) in [6.45, 7) is 3.34. The maximum absolute atomic E-state index is 11.9. The Labute approximate surface area is 112 Å². The second kappa shape index (κ2) is 6.68. The van der Waals surface area contributed by atoms with Crippen LogP contribution >= 0.6 is 0 Å². The summed E-state index contributed by atoms with van der Waals surface area (Å²) >= 11 is 0. The zero-order valence-electron chi connectivity index (χ0n) is 11.3. The fourth-order valence-corrected chi connectivity index (χ4v) is 2.54. The molecule has 106 valence electrons. The first-order valence-corrected chi connectivity index (χ1v) is 6.77. The summed E-state index contributed by atoms with van der Waals surface area (Å²) in [6.07, 6.45) is 3.97. The van der Waals surface area contributed by atoms with Crippen LogP contribution in [0.25, 0.3) is 0 Å². The molecule has 0 radical (unpaired) electrons. The van der Waals surface area contributed by atoms with Crippen molar-refractivity contribution < 1.29 is 14.4 Å². The number of likely N-dealkylation sites (tertiary alicyclic amines) is 1. The van der Waals surface area contributed by atoms with E-state index in [0.717, 1.165) is 37.9 Å². The van der Waals surface area contributed by atoms with Crippen molar-refractivity contribution in [1.29, 1.82) is 0 Å². The van der Waals surface area contributed by atoms with Crippen molar-refractivity contribution in [1.82, 2.24) is 10.1 Å². The molecule has 1 aromatic heterocycles. The highest BCUT2D eigenvalue weighted by atomic mass is 16.5. The first-order valence-electron chi connectivity index (χ1n) is 6.77. The van der Waals surface area contributed by atoms with E-state index in [2.05, 4.69) is 15.4 Å². The lowest BCUT2D eigenvalue weighted by Crippen LogP contribution is -2.36. The number of hydrogen-bond donors (Lipinski definition) is 2. The summed E-state index contributed by atoms with van der Waals surface area (Å²) < 4.78 is 4.96. The minimum atomic E-state index is -0.0768. The Bertz CT molecular complexity index is 419. The number of aromatic nitrogens is 1. The van der Waals surface area contributed by atoms with E-state index in [9.17, 15) is 4.79 Å². The van der Waals surface area contributed by atoms with Crippen LogP contribution in [0.4, 0.5) is 5.88 Å². The molecule has 1 amide bonds. The smallest absolute Gasteiger partial charge is 0.240 e. The van der Waals surface area contributed by atoms with Gasteiger partial charge in [-0.05, 0) is 39.2 Å². The molecule has 19 heavy (non-hydrogen) atoms. The Kier molecular flexibility index (Phi) is 4.93. The lowest BCUT2D eigenvalue weighted by atomic mass is 10.1. The van der Waals surface area contributed by atoms with Crippen LogP contribution in [0.15, 0.2) is 10.6 Å². The standard InChI is InChI=1S/C13H21N3O3/c1-10-8-13(19-15-10)14-12(18)9-16-6-2-4-11(16)5-3-7-17/h8,11,17H,2-7,9H2,1H3,(H,14,18). The number of anilines is 1. The van der Waals surface area contributed by atoms with Gasteiger partial charge in [-0.3, -0.25) is 15.0 Å². The van der Waals surface area contributed by atoms with E-state index in [1.165, 1.54) is 0 Å². The summed E-state index contributed by atoms with van der Waals surface area (Å²) in [7, 11) is 0. The van der Waals surface area contributed by atoms with Crippen LogP contribution in [0, 0.1) is 6.92 Å². The van der Waals surface area contributed by atoms with E-state index in [1.807, 2.05) is 6.92 Å². The zero-order chi connectivity index (χ0) is 13.7. The van der Waals surface area contributed by atoms with Crippen LogP contribution in [0.3, 0.4) is 0 Å². The van der Waals surface area contributed by atoms with E-state index in [-0.39, 0.29) is 12.5 Å². The van der Waals surface area contributed by atoms with Gasteiger partial charge in [-0.15, -0.1) is 0 Å². The van der Waals surface area contributed by atoms with Gasteiger partial charge in [-0.1, -0.05) is 5.16 Å². The summed E-state index contributed by atoms with van der Waals surface area (Å²) in [4.78, 5) is 14.1. The highest BCUT2D eigenvalue weighted by molar-refractivity contribution is 5.91. The van der Waals surface area contributed by atoms with Crippen molar-refractivity contribution in [3.8, 4) is 0 Å². The van der Waals surface area contributed by atoms with E-state index < -0.39 is 0 Å². The Morgan fingerprint density at radius 1 is 1.68 bits per heavy atom. The predicted molar refractivity (Wildman–Crippen MR) is 70.8 cm³/mol. The van der Waals surface area contributed by atoms with Crippen molar-refractivity contribution in [2.45, 2.75) is 38.6 Å². The number of rotatable bonds is 6. The molecular formula is C13H21N3O3. The van der Waals surface area contributed by atoms with Crippen LogP contribution < -0.4 is 5.32 Å². The zero-order valence-corrected chi connectivity index (χ0v) is 11.3. The van der Waals surface area contributed by atoms with Crippen molar-refractivity contribution in [2.24, 2.45) is 0 Å². The first kappa shape index (κ1) is 14.0. The maximum atomic E-state index is 11.9. The number of carbonyl (C=O) groups is 1. The molecule has 6 nitrogen and oxygen atoms in total. The third-order valence-electron chi connectivity index (χ3n) is 3.43. The molecule has 0 bridgehead atoms. The minimum Gasteiger partial charge on any atom is -0.396 e. The topological polar surface area (TPSA) is 78.6 Å². The van der Waals surface area contributed by atoms with Crippen molar-refractivity contribution in [3.05, 3.63) is 11.8 Å². The summed E-state index contributed by atoms with van der Waals surface area (Å²) in [6, 6.07) is 2.11. The van der Waals surface area contributed by atoms with Gasteiger partial charge in [0.05, 0.1) is 12.2 Å². The highest BCUT2D eigenvalue weighted by Crippen LogP contribution is 2.21. The Balaban J connectivity index is 1.80. The molecule has 1 aliphatic heterocycles. The van der Waals surface area contributed by atoms with Crippen LogP contribution in [0.2, 0.25) is 0 Å². The lowest BCUT2D eigenvalue weighted by molar-refractivity contribution is -0.117. The lowest BCUT2D eigenvalue weighted by Gasteiger charge is -2.23. The van der Waals surface area contributed by atoms with Crippen LogP contribution in [-0.4, -0.2) is 46.8 Å². The molecule has 0 spiro atoms. The molecule has 2 heterocycles. The van der Waals surface area contributed by atoms with Gasteiger partial charge in [-0.25, -0.2) is 0 Å². The fourth-order valence-electron chi connectivity index (χ4n) is 2.54. The van der Waals surface area contributed by atoms with Gasteiger partial charge in [0, 0.05) is 18.7 Å². The van der Waals surface area contributed by atoms with Crippen LogP contribution in [0.1, 0.15) is 31.4 Å². The Morgan fingerprint density at radius 3 is 3.21 bits per heavy atom. The van der Waals surface area contributed by atoms with E-state index >= 15 is 0 Å². The number of nitrogens with zero attached hydrogens (tertiary/aromatic N) is 2. The van der Waals surface area contributed by atoms with Crippen molar-refractivity contribution >= 4 is 11.8 Å². The van der Waals surface area contributed by atoms with Crippen molar-refractivity contribution in [2.75, 3.05) is 25.0 Å². The number of nitrogens with one attached hydrogen (secondary N) is 1. The van der Waals surface area contributed by atoms with Crippen molar-refractivity contribution in [3.63, 3.8) is 0 Å². The van der Waals surface area contributed by atoms with Gasteiger partial charge < -0.3 is 9.63 Å². The minimum absolute atomic E-state index is 0.0768. The maximum Gasteiger partial charge on any atom is 0.240 e. The normalized spacial score (nSPS) is 19.8. The number of amides is 1. The quantitative estimate of drug-likeness (QED) is 0.808. The summed E-state index contributed by atoms with van der Waals surface area (Å²) in [5, 5.41) is 15.3. The average Bonchev–Trinajstić information content (AvgIpc) is 2.96. The van der Waals surface area contributed by atoms with Gasteiger partial charge in [0.1, 0.15) is 0 Å². The van der Waals surface area contributed by atoms with Gasteiger partial charge in [0.15, 0.2) is 0 Å². The van der Waals surface area contributed by atoms with Crippen LogP contribution in [0.5, 0.6) is 0 Å². The third-order valence-corrected chi connectivity index (χ3v) is 3.43. The molecule has 1 unspecified atom stereocenters. The first-order chi connectivity index (χ1) is 9.19. The summed E-state index contributed by atoms with van der Waals surface area (Å²) in [5.41, 5.74) is 0.747. The average molecular weight is 267 g/mol. The summed E-state index contributed by atoms with van der Waals surface area (Å²) in [5.74, 6) is 0.320. The van der Waals surface area contributed by atoms with Gasteiger partial charge in [0.2, 0.25) is 11.8 Å². The molecule has 1 fully saturated rings. The van der Waals surface area contributed by atoms with Gasteiger partial charge in [0.25, 0.3) is 0 Å². The molecule has 0 saturated carbocycles. The van der Waals surface area contributed by atoms with E-state index in [0.29, 0.717) is 18.5 Å². The molecule has 1 aliphatic rings. The molecule has 1 aromatic rings. The number of carbonyl (C=O) groups excluding carboxylic acids is 1. The molecule has 6 heteroatoms. The van der Waals surface area contributed by atoms with Gasteiger partial charge >= 0.3 is 0 Å². The molecule has 0 aliphatic carbocycles.